The third-order valence-electron chi connectivity index (χ3n) is 4.18. The fourth-order valence-corrected chi connectivity index (χ4v) is 3.74. The third kappa shape index (κ3) is 4.66. The van der Waals surface area contributed by atoms with Crippen LogP contribution in [-0.2, 0) is 0 Å². The van der Waals surface area contributed by atoms with Gasteiger partial charge in [0.15, 0.2) is 11.5 Å². The van der Waals surface area contributed by atoms with Crippen LogP contribution in [0.5, 0.6) is 11.5 Å². The quantitative estimate of drug-likeness (QED) is 0.223. The highest BCUT2D eigenvalue weighted by Crippen LogP contribution is 2.36. The zero-order valence-electron chi connectivity index (χ0n) is 16.2. The highest BCUT2D eigenvalue weighted by Gasteiger charge is 2.14. The maximum atomic E-state index is 9.75. The maximum Gasteiger partial charge on any atom is 0.174 e. The van der Waals surface area contributed by atoms with Gasteiger partial charge in [-0.1, -0.05) is 36.4 Å². The summed E-state index contributed by atoms with van der Waals surface area (Å²) in [5, 5.41) is 12.0. The topological polar surface area (TPSA) is 42.2 Å². The van der Waals surface area contributed by atoms with Gasteiger partial charge in [0.25, 0.3) is 0 Å². The van der Waals surface area contributed by atoms with Crippen LogP contribution < -0.4 is 9.47 Å². The summed E-state index contributed by atoms with van der Waals surface area (Å²) in [6.45, 7) is 6.48. The molecule has 0 unspecified atom stereocenters. The highest BCUT2D eigenvalue weighted by atomic mass is 127. The van der Waals surface area contributed by atoms with E-state index < -0.39 is 0 Å². The van der Waals surface area contributed by atoms with Gasteiger partial charge in [-0.2, -0.15) is 5.26 Å². The molecule has 0 fully saturated rings. The molecule has 0 saturated heterocycles. The van der Waals surface area contributed by atoms with E-state index in [4.69, 9.17) is 9.47 Å². The lowest BCUT2D eigenvalue weighted by atomic mass is 10.00. The summed E-state index contributed by atoms with van der Waals surface area (Å²) in [7, 11) is 0. The number of nitrogens with zero attached hydrogens (tertiary/aromatic N) is 1. The van der Waals surface area contributed by atoms with Crippen LogP contribution in [0.1, 0.15) is 31.9 Å². The van der Waals surface area contributed by atoms with Crippen LogP contribution in [0.25, 0.3) is 22.4 Å². The monoisotopic (exact) mass is 483 g/mol. The molecule has 3 aromatic carbocycles. The van der Waals surface area contributed by atoms with Crippen molar-refractivity contribution in [3.05, 3.63) is 69.3 Å². The van der Waals surface area contributed by atoms with Gasteiger partial charge in [0.2, 0.25) is 0 Å². The molecule has 0 heterocycles. The molecule has 142 valence electrons. The number of halogens is 1. The number of allylic oxidation sites excluding steroid dienone is 1. The fourth-order valence-electron chi connectivity index (χ4n) is 2.99. The van der Waals surface area contributed by atoms with Crippen LogP contribution in [0.2, 0.25) is 0 Å². The molecule has 0 N–H and O–H groups in total. The Labute approximate surface area is 179 Å². The summed E-state index contributed by atoms with van der Waals surface area (Å²) in [6, 6.07) is 20.5. The summed E-state index contributed by atoms with van der Waals surface area (Å²) < 4.78 is 12.7. The maximum absolute atomic E-state index is 9.75. The fraction of sp³-hybridized carbons (Fsp3) is 0.208. The number of rotatable bonds is 6. The predicted octanol–water partition coefficient (Wildman–Crippen LogP) is 6.69. The lowest BCUT2D eigenvalue weighted by Crippen LogP contribution is -2.09. The van der Waals surface area contributed by atoms with Crippen molar-refractivity contribution in [2.75, 3.05) is 6.61 Å². The normalized spacial score (nSPS) is 11.5. The van der Waals surface area contributed by atoms with Crippen LogP contribution >= 0.6 is 22.6 Å². The Morgan fingerprint density at radius 2 is 1.86 bits per heavy atom. The predicted molar refractivity (Wildman–Crippen MR) is 124 cm³/mol. The Bertz CT molecular complexity index is 1060. The van der Waals surface area contributed by atoms with Crippen LogP contribution in [0.3, 0.4) is 0 Å². The van der Waals surface area contributed by atoms with E-state index in [-0.39, 0.29) is 6.10 Å². The molecular weight excluding hydrogens is 461 g/mol. The van der Waals surface area contributed by atoms with Gasteiger partial charge in [-0.15, -0.1) is 0 Å². The van der Waals surface area contributed by atoms with E-state index in [0.29, 0.717) is 17.9 Å². The van der Waals surface area contributed by atoms with Crippen molar-refractivity contribution in [3.63, 3.8) is 0 Å². The van der Waals surface area contributed by atoms with E-state index in [9.17, 15) is 5.26 Å². The summed E-state index contributed by atoms with van der Waals surface area (Å²) in [4.78, 5) is 0. The SMILES string of the molecule is CCOc1cc(/C=C(/C#N)c2ccc3ccccc3c2)cc(I)c1OC(C)C. The molecular formula is C24H22INO2. The molecule has 0 saturated carbocycles. The second-order valence-corrected chi connectivity index (χ2v) is 7.82. The van der Waals surface area contributed by atoms with Gasteiger partial charge in [-0.05, 0) is 89.5 Å². The van der Waals surface area contributed by atoms with E-state index in [1.54, 1.807) is 0 Å². The molecule has 0 amide bonds. The first-order valence-electron chi connectivity index (χ1n) is 9.25. The lowest BCUT2D eigenvalue weighted by Gasteiger charge is -2.17. The molecule has 0 radical (unpaired) electrons. The van der Waals surface area contributed by atoms with Gasteiger partial charge >= 0.3 is 0 Å². The molecule has 3 rings (SSSR count). The van der Waals surface area contributed by atoms with Crippen molar-refractivity contribution in [1.82, 2.24) is 0 Å². The summed E-state index contributed by atoms with van der Waals surface area (Å²) in [5.41, 5.74) is 2.42. The molecule has 0 spiro atoms. The van der Waals surface area contributed by atoms with Crippen molar-refractivity contribution in [2.24, 2.45) is 0 Å². The van der Waals surface area contributed by atoms with Gasteiger partial charge in [0, 0.05) is 0 Å². The van der Waals surface area contributed by atoms with Crippen molar-refractivity contribution < 1.29 is 9.47 Å². The minimum Gasteiger partial charge on any atom is -0.490 e. The van der Waals surface area contributed by atoms with Crippen molar-refractivity contribution in [1.29, 1.82) is 5.26 Å². The molecule has 4 heteroatoms. The second kappa shape index (κ2) is 9.11. The largest absolute Gasteiger partial charge is 0.490 e. The summed E-state index contributed by atoms with van der Waals surface area (Å²) in [5.74, 6) is 1.45. The van der Waals surface area contributed by atoms with Gasteiger partial charge in [-0.3, -0.25) is 0 Å². The molecule has 0 aliphatic heterocycles. The van der Waals surface area contributed by atoms with Crippen LogP contribution in [0, 0.1) is 14.9 Å². The Hall–Kier alpha value is -2.52. The van der Waals surface area contributed by atoms with Gasteiger partial charge in [-0.25, -0.2) is 0 Å². The molecule has 3 aromatic rings. The van der Waals surface area contributed by atoms with E-state index in [0.717, 1.165) is 31.2 Å². The first-order valence-corrected chi connectivity index (χ1v) is 10.3. The average molecular weight is 483 g/mol. The molecule has 0 atom stereocenters. The molecule has 3 nitrogen and oxygen atoms in total. The molecule has 28 heavy (non-hydrogen) atoms. The zero-order valence-corrected chi connectivity index (χ0v) is 18.4. The van der Waals surface area contributed by atoms with Crippen molar-refractivity contribution >= 4 is 45.0 Å². The molecule has 0 aliphatic rings. The van der Waals surface area contributed by atoms with Crippen molar-refractivity contribution in [3.8, 4) is 17.6 Å². The second-order valence-electron chi connectivity index (χ2n) is 6.66. The number of benzene rings is 3. The van der Waals surface area contributed by atoms with E-state index in [1.165, 1.54) is 0 Å². The first kappa shape index (κ1) is 20.2. The average Bonchev–Trinajstić information content (AvgIpc) is 2.68. The Balaban J connectivity index is 2.05. The summed E-state index contributed by atoms with van der Waals surface area (Å²) in [6.07, 6.45) is 1.95. The lowest BCUT2D eigenvalue weighted by molar-refractivity contribution is 0.222. The van der Waals surface area contributed by atoms with Gasteiger partial charge in [0.05, 0.1) is 27.9 Å². The number of hydrogen-bond acceptors (Lipinski definition) is 3. The number of ether oxygens (including phenoxy) is 2. The standard InChI is InChI=1S/C24H22INO2/c1-4-27-23-13-17(12-22(25)24(23)28-16(2)3)11-21(15-26)20-10-9-18-7-5-6-8-19(18)14-20/h5-14,16H,4H2,1-3H3/b21-11-. The molecule has 0 bridgehead atoms. The zero-order chi connectivity index (χ0) is 20.1. The van der Waals surface area contributed by atoms with Crippen LogP contribution in [-0.4, -0.2) is 12.7 Å². The Morgan fingerprint density at radius 3 is 2.54 bits per heavy atom. The van der Waals surface area contributed by atoms with E-state index in [1.807, 2.05) is 63.2 Å². The van der Waals surface area contributed by atoms with Gasteiger partial charge < -0.3 is 9.47 Å². The highest BCUT2D eigenvalue weighted by molar-refractivity contribution is 14.1. The molecule has 0 aromatic heterocycles. The van der Waals surface area contributed by atoms with E-state index >= 15 is 0 Å². The Morgan fingerprint density at radius 1 is 1.11 bits per heavy atom. The number of hydrogen-bond donors (Lipinski definition) is 0. The third-order valence-corrected chi connectivity index (χ3v) is 4.98. The Kier molecular flexibility index (Phi) is 6.58. The van der Waals surface area contributed by atoms with Crippen LogP contribution in [0.4, 0.5) is 0 Å². The minimum atomic E-state index is 0.0568. The molecule has 0 aliphatic carbocycles. The van der Waals surface area contributed by atoms with Crippen molar-refractivity contribution in [2.45, 2.75) is 26.9 Å². The minimum absolute atomic E-state index is 0.0568. The van der Waals surface area contributed by atoms with Crippen LogP contribution in [0.15, 0.2) is 54.6 Å². The smallest absolute Gasteiger partial charge is 0.174 e. The van der Waals surface area contributed by atoms with E-state index in [2.05, 4.69) is 46.9 Å². The van der Waals surface area contributed by atoms with Gasteiger partial charge in [0.1, 0.15) is 0 Å². The summed E-state index contributed by atoms with van der Waals surface area (Å²) >= 11 is 2.25. The number of fused-ring (bicyclic) bond motifs is 1. The number of nitriles is 1. The first-order chi connectivity index (χ1) is 13.5.